The fourth-order valence-electron chi connectivity index (χ4n) is 2.02. The Kier molecular flexibility index (Phi) is 3.71. The first-order valence-corrected chi connectivity index (χ1v) is 6.12. The molecule has 4 nitrogen and oxygen atoms in total. The van der Waals surface area contributed by atoms with Crippen LogP contribution in [0.15, 0.2) is 48.8 Å². The fraction of sp³-hybridized carbons (Fsp3) is 0.267. The lowest BCUT2D eigenvalue weighted by Gasteiger charge is -2.21. The molecule has 4 heteroatoms. The van der Waals surface area contributed by atoms with E-state index in [1.165, 1.54) is 7.11 Å². The molecule has 1 heterocycles. The second kappa shape index (κ2) is 5.28. The molecule has 2 rings (SSSR count). The zero-order chi connectivity index (χ0) is 13.9. The summed E-state index contributed by atoms with van der Waals surface area (Å²) in [4.78, 5) is 11.5. The first kappa shape index (κ1) is 13.4. The molecule has 0 amide bonds. The highest BCUT2D eigenvalue weighted by atomic mass is 16.5. The fourth-order valence-corrected chi connectivity index (χ4v) is 2.02. The van der Waals surface area contributed by atoms with E-state index < -0.39 is 11.5 Å². The van der Waals surface area contributed by atoms with Gasteiger partial charge < -0.3 is 15.0 Å². The Hall–Kier alpha value is -2.07. The van der Waals surface area contributed by atoms with Crippen LogP contribution in [0.25, 0.3) is 5.69 Å². The molecule has 0 aliphatic rings. The SMILES string of the molecule is COC(=O)[C@@](C)(N)Cc1ccc(-n2cccc2)cc1. The van der Waals surface area contributed by atoms with Crippen molar-refractivity contribution in [3.63, 3.8) is 0 Å². The number of esters is 1. The average Bonchev–Trinajstić information content (AvgIpc) is 2.92. The molecule has 1 atom stereocenters. The Bertz CT molecular complexity index is 542. The lowest BCUT2D eigenvalue weighted by atomic mass is 9.94. The van der Waals surface area contributed by atoms with Gasteiger partial charge in [-0.2, -0.15) is 0 Å². The summed E-state index contributed by atoms with van der Waals surface area (Å²) in [6.07, 6.45) is 4.42. The van der Waals surface area contributed by atoms with E-state index in [4.69, 9.17) is 10.5 Å². The van der Waals surface area contributed by atoms with E-state index in [0.29, 0.717) is 6.42 Å². The van der Waals surface area contributed by atoms with Crippen LogP contribution in [0.4, 0.5) is 0 Å². The van der Waals surface area contributed by atoms with E-state index in [0.717, 1.165) is 11.3 Å². The molecule has 2 aromatic rings. The summed E-state index contributed by atoms with van der Waals surface area (Å²) >= 11 is 0. The average molecular weight is 258 g/mol. The molecule has 0 aliphatic carbocycles. The number of hydrogen-bond donors (Lipinski definition) is 1. The number of carbonyl (C=O) groups is 1. The first-order chi connectivity index (χ1) is 9.03. The smallest absolute Gasteiger partial charge is 0.325 e. The Labute approximate surface area is 112 Å². The largest absolute Gasteiger partial charge is 0.468 e. The van der Waals surface area contributed by atoms with Crippen LogP contribution in [0.3, 0.4) is 0 Å². The van der Waals surface area contributed by atoms with Crippen molar-refractivity contribution in [2.24, 2.45) is 5.73 Å². The van der Waals surface area contributed by atoms with Crippen LogP contribution in [-0.4, -0.2) is 23.2 Å². The summed E-state index contributed by atoms with van der Waals surface area (Å²) in [5.74, 6) is -0.401. The lowest BCUT2D eigenvalue weighted by Crippen LogP contribution is -2.47. The van der Waals surface area contributed by atoms with Gasteiger partial charge in [0.2, 0.25) is 0 Å². The van der Waals surface area contributed by atoms with Gasteiger partial charge in [0, 0.05) is 24.5 Å². The minimum Gasteiger partial charge on any atom is -0.468 e. The van der Waals surface area contributed by atoms with Crippen molar-refractivity contribution >= 4 is 5.97 Å². The van der Waals surface area contributed by atoms with Crippen LogP contribution in [0, 0.1) is 0 Å². The number of benzene rings is 1. The van der Waals surface area contributed by atoms with Gasteiger partial charge in [-0.3, -0.25) is 4.79 Å². The molecule has 0 spiro atoms. The topological polar surface area (TPSA) is 57.2 Å². The van der Waals surface area contributed by atoms with E-state index in [2.05, 4.69) is 0 Å². The van der Waals surface area contributed by atoms with E-state index >= 15 is 0 Å². The molecule has 19 heavy (non-hydrogen) atoms. The number of ether oxygens (including phenoxy) is 1. The van der Waals surface area contributed by atoms with Crippen molar-refractivity contribution in [3.8, 4) is 5.69 Å². The van der Waals surface area contributed by atoms with Gasteiger partial charge in [-0.15, -0.1) is 0 Å². The molecule has 1 aromatic heterocycles. The number of nitrogens with zero attached hydrogens (tertiary/aromatic N) is 1. The minimum absolute atomic E-state index is 0.401. The van der Waals surface area contributed by atoms with E-state index in [1.54, 1.807) is 6.92 Å². The van der Waals surface area contributed by atoms with Crippen LogP contribution in [0.1, 0.15) is 12.5 Å². The summed E-state index contributed by atoms with van der Waals surface area (Å²) in [6.45, 7) is 1.68. The molecule has 1 aromatic carbocycles. The van der Waals surface area contributed by atoms with Crippen molar-refractivity contribution < 1.29 is 9.53 Å². The predicted octanol–water partition coefficient (Wildman–Crippen LogP) is 1.91. The summed E-state index contributed by atoms with van der Waals surface area (Å²) < 4.78 is 6.72. The van der Waals surface area contributed by atoms with Gasteiger partial charge in [0.25, 0.3) is 0 Å². The maximum Gasteiger partial charge on any atom is 0.325 e. The second-order valence-corrected chi connectivity index (χ2v) is 4.84. The molecular formula is C15H18N2O2. The van der Waals surface area contributed by atoms with Crippen molar-refractivity contribution in [1.29, 1.82) is 0 Å². The van der Waals surface area contributed by atoms with Crippen LogP contribution in [0.5, 0.6) is 0 Å². The van der Waals surface area contributed by atoms with Crippen LogP contribution >= 0.6 is 0 Å². The van der Waals surface area contributed by atoms with Crippen LogP contribution in [0.2, 0.25) is 0 Å². The molecule has 0 aliphatic heterocycles. The Balaban J connectivity index is 2.13. The molecular weight excluding hydrogens is 240 g/mol. The summed E-state index contributed by atoms with van der Waals surface area (Å²) in [7, 11) is 1.35. The van der Waals surface area contributed by atoms with E-state index in [-0.39, 0.29) is 0 Å². The standard InChI is InChI=1S/C15H18N2O2/c1-15(16,14(18)19-2)11-12-5-7-13(8-6-12)17-9-3-4-10-17/h3-10H,11,16H2,1-2H3/t15-/m0/s1. The normalized spacial score (nSPS) is 13.8. The van der Waals surface area contributed by atoms with Gasteiger partial charge >= 0.3 is 5.97 Å². The molecule has 0 unspecified atom stereocenters. The van der Waals surface area contributed by atoms with Gasteiger partial charge in [-0.05, 0) is 36.8 Å². The zero-order valence-electron chi connectivity index (χ0n) is 11.2. The van der Waals surface area contributed by atoms with Crippen LogP contribution < -0.4 is 5.73 Å². The number of nitrogens with two attached hydrogens (primary N) is 1. The van der Waals surface area contributed by atoms with Gasteiger partial charge in [0.1, 0.15) is 5.54 Å². The number of methoxy groups -OCH3 is 1. The Morgan fingerprint density at radius 1 is 1.26 bits per heavy atom. The van der Waals surface area contributed by atoms with E-state index in [1.807, 2.05) is 53.4 Å². The monoisotopic (exact) mass is 258 g/mol. The number of rotatable bonds is 4. The van der Waals surface area contributed by atoms with Gasteiger partial charge in [-0.1, -0.05) is 12.1 Å². The minimum atomic E-state index is -0.996. The maximum atomic E-state index is 11.5. The molecule has 100 valence electrons. The maximum absolute atomic E-state index is 11.5. The zero-order valence-corrected chi connectivity index (χ0v) is 11.2. The molecule has 0 bridgehead atoms. The summed E-state index contributed by atoms with van der Waals surface area (Å²) in [6, 6.07) is 11.9. The van der Waals surface area contributed by atoms with Crippen LogP contribution in [-0.2, 0) is 16.0 Å². The lowest BCUT2D eigenvalue weighted by molar-refractivity contribution is -0.146. The van der Waals surface area contributed by atoms with E-state index in [9.17, 15) is 4.79 Å². The van der Waals surface area contributed by atoms with Gasteiger partial charge in [-0.25, -0.2) is 0 Å². The number of carbonyl (C=O) groups excluding carboxylic acids is 1. The highest BCUT2D eigenvalue weighted by Gasteiger charge is 2.29. The third kappa shape index (κ3) is 3.03. The Morgan fingerprint density at radius 2 is 1.84 bits per heavy atom. The summed E-state index contributed by atoms with van der Waals surface area (Å²) in [5, 5.41) is 0. The molecule has 0 saturated heterocycles. The van der Waals surface area contributed by atoms with Crippen molar-refractivity contribution in [3.05, 3.63) is 54.4 Å². The van der Waals surface area contributed by atoms with Crippen molar-refractivity contribution in [1.82, 2.24) is 4.57 Å². The third-order valence-corrected chi connectivity index (χ3v) is 3.06. The Morgan fingerprint density at radius 3 is 2.37 bits per heavy atom. The van der Waals surface area contributed by atoms with Crippen molar-refractivity contribution in [2.45, 2.75) is 18.9 Å². The first-order valence-electron chi connectivity index (χ1n) is 6.12. The molecule has 0 fully saturated rings. The molecule has 2 N–H and O–H groups in total. The number of aromatic nitrogens is 1. The van der Waals surface area contributed by atoms with Gasteiger partial charge in [0.15, 0.2) is 0 Å². The molecule has 0 radical (unpaired) electrons. The quantitative estimate of drug-likeness (QED) is 0.852. The van der Waals surface area contributed by atoms with Gasteiger partial charge in [0.05, 0.1) is 7.11 Å². The number of hydrogen-bond acceptors (Lipinski definition) is 3. The summed E-state index contributed by atoms with van der Waals surface area (Å²) in [5.41, 5.74) is 7.04. The third-order valence-electron chi connectivity index (χ3n) is 3.06. The highest BCUT2D eigenvalue weighted by molar-refractivity contribution is 5.80. The van der Waals surface area contributed by atoms with Crippen molar-refractivity contribution in [2.75, 3.05) is 7.11 Å². The predicted molar refractivity (Wildman–Crippen MR) is 74.1 cm³/mol. The highest BCUT2D eigenvalue weighted by Crippen LogP contribution is 2.15. The second-order valence-electron chi connectivity index (χ2n) is 4.84. The molecule has 0 saturated carbocycles.